The fourth-order valence-corrected chi connectivity index (χ4v) is 8.16. The van der Waals surface area contributed by atoms with Gasteiger partial charge >= 0.3 is 0 Å². The van der Waals surface area contributed by atoms with Crippen molar-refractivity contribution in [2.24, 2.45) is 5.92 Å². The van der Waals surface area contributed by atoms with E-state index in [4.69, 9.17) is 9.84 Å². The molecular weight excluding hydrogens is 596 g/mol. The average molecular weight is 645 g/mol. The Morgan fingerprint density at radius 3 is 2.31 bits per heavy atom. The highest BCUT2D eigenvalue weighted by atomic mass is 32.2. The summed E-state index contributed by atoms with van der Waals surface area (Å²) in [5, 5.41) is 18.4. The van der Waals surface area contributed by atoms with Crippen LogP contribution in [0.25, 0.3) is 5.69 Å². The zero-order valence-corrected chi connectivity index (χ0v) is 28.0. The number of likely N-dealkylation sites (tertiary alicyclic amines) is 1. The smallest absolute Gasteiger partial charge is 0.248 e. The van der Waals surface area contributed by atoms with E-state index in [9.17, 15) is 23.1 Å². The molecule has 2 N–H and O–H groups in total. The van der Waals surface area contributed by atoms with Crippen molar-refractivity contribution >= 4 is 21.8 Å². The number of morpholine rings is 1. The van der Waals surface area contributed by atoms with E-state index in [2.05, 4.69) is 17.1 Å². The number of amides is 2. The first-order valence-corrected chi connectivity index (χ1v) is 17.6. The molecule has 0 saturated carbocycles. The molecule has 13 heteroatoms. The number of piperazine rings is 1. The molecule has 2 atom stereocenters. The van der Waals surface area contributed by atoms with Gasteiger partial charge in [-0.15, -0.1) is 0 Å². The molecule has 0 aliphatic carbocycles. The number of sulfonamides is 1. The minimum atomic E-state index is -3.58. The number of carbonyl (C=O) groups is 2. The van der Waals surface area contributed by atoms with Crippen molar-refractivity contribution in [1.29, 1.82) is 0 Å². The molecule has 4 heterocycles. The van der Waals surface area contributed by atoms with Gasteiger partial charge in [0.05, 0.1) is 35.6 Å². The number of nitrogens with zero attached hydrogens (tertiary/aromatic N) is 5. The first kappa shape index (κ1) is 33.5. The standard InChI is InChI=1S/C32H48N6O6S/c1-6-7-14-37-30(40)28(29(39)22(2)3)33-31(41)32(37)12-15-35(16-13-32)21-27-23(4)34-38(24(27)5)25-8-10-26(11-9-25)45(42,43)36-17-19-44-20-18-36/h8-11,22,28-29,39H,6-7,12-21H2,1-5H3,(H,33,41)/t28-,29-/m1/s1. The summed E-state index contributed by atoms with van der Waals surface area (Å²) in [6.45, 7) is 13.7. The number of hydrogen-bond acceptors (Lipinski definition) is 8. The van der Waals surface area contributed by atoms with Gasteiger partial charge in [0.2, 0.25) is 21.8 Å². The predicted molar refractivity (Wildman–Crippen MR) is 169 cm³/mol. The zero-order valence-electron chi connectivity index (χ0n) is 27.2. The molecular formula is C32H48N6O6S. The van der Waals surface area contributed by atoms with Crippen LogP contribution in [0.3, 0.4) is 0 Å². The summed E-state index contributed by atoms with van der Waals surface area (Å²) < 4.78 is 34.7. The van der Waals surface area contributed by atoms with Gasteiger partial charge < -0.3 is 20.1 Å². The van der Waals surface area contributed by atoms with Crippen LogP contribution in [0.2, 0.25) is 0 Å². The number of piperidine rings is 1. The molecule has 45 heavy (non-hydrogen) atoms. The van der Waals surface area contributed by atoms with Crippen LogP contribution >= 0.6 is 0 Å². The van der Waals surface area contributed by atoms with Gasteiger partial charge in [0, 0.05) is 50.5 Å². The van der Waals surface area contributed by atoms with E-state index in [-0.39, 0.29) is 22.6 Å². The van der Waals surface area contributed by atoms with Gasteiger partial charge in [-0.2, -0.15) is 9.40 Å². The van der Waals surface area contributed by atoms with E-state index in [1.807, 2.05) is 32.4 Å². The molecule has 0 bridgehead atoms. The van der Waals surface area contributed by atoms with E-state index in [1.165, 1.54) is 4.31 Å². The molecule has 12 nitrogen and oxygen atoms in total. The summed E-state index contributed by atoms with van der Waals surface area (Å²) in [6, 6.07) is 5.92. The molecule has 0 radical (unpaired) electrons. The fourth-order valence-electron chi connectivity index (χ4n) is 6.75. The lowest BCUT2D eigenvalue weighted by atomic mass is 9.80. The first-order chi connectivity index (χ1) is 21.4. The number of rotatable bonds is 10. The molecule has 3 fully saturated rings. The van der Waals surface area contributed by atoms with E-state index in [0.717, 1.165) is 35.5 Å². The van der Waals surface area contributed by atoms with Crippen molar-refractivity contribution in [2.75, 3.05) is 45.9 Å². The fraction of sp³-hybridized carbons (Fsp3) is 0.656. The van der Waals surface area contributed by atoms with Crippen molar-refractivity contribution in [2.45, 2.75) is 89.4 Å². The maximum absolute atomic E-state index is 13.6. The van der Waals surface area contributed by atoms with Gasteiger partial charge in [-0.3, -0.25) is 14.5 Å². The van der Waals surface area contributed by atoms with Crippen LogP contribution in [0.5, 0.6) is 0 Å². The summed E-state index contributed by atoms with van der Waals surface area (Å²) >= 11 is 0. The Morgan fingerprint density at radius 2 is 1.71 bits per heavy atom. The molecule has 3 aliphatic heterocycles. The summed E-state index contributed by atoms with van der Waals surface area (Å²) in [6.07, 6.45) is 1.80. The topological polar surface area (TPSA) is 137 Å². The molecule has 1 aromatic carbocycles. The Morgan fingerprint density at radius 1 is 1.07 bits per heavy atom. The molecule has 248 valence electrons. The number of aryl methyl sites for hydroxylation is 1. The van der Waals surface area contributed by atoms with E-state index >= 15 is 0 Å². The molecule has 3 aliphatic rings. The molecule has 5 rings (SSSR count). The van der Waals surface area contributed by atoms with Crippen LogP contribution in [0.4, 0.5) is 0 Å². The molecule has 0 unspecified atom stereocenters. The number of benzene rings is 1. The normalized spacial score (nSPS) is 22.3. The number of ether oxygens (including phenoxy) is 1. The molecule has 3 saturated heterocycles. The van der Waals surface area contributed by atoms with Gasteiger partial charge in [0.15, 0.2) is 0 Å². The van der Waals surface area contributed by atoms with Crippen molar-refractivity contribution in [3.8, 4) is 5.69 Å². The minimum Gasteiger partial charge on any atom is -0.390 e. The lowest BCUT2D eigenvalue weighted by Gasteiger charge is -2.52. The predicted octanol–water partition coefficient (Wildman–Crippen LogP) is 1.99. The van der Waals surface area contributed by atoms with Crippen LogP contribution in [0, 0.1) is 19.8 Å². The monoisotopic (exact) mass is 644 g/mol. The van der Waals surface area contributed by atoms with Crippen LogP contribution in [-0.2, 0) is 30.9 Å². The number of aliphatic hydroxyl groups excluding tert-OH is 1. The van der Waals surface area contributed by atoms with Crippen molar-refractivity contribution in [3.63, 3.8) is 0 Å². The maximum atomic E-state index is 13.6. The second kappa shape index (κ2) is 13.5. The Bertz CT molecular complexity index is 1480. The van der Waals surface area contributed by atoms with Gasteiger partial charge in [-0.05, 0) is 63.3 Å². The van der Waals surface area contributed by atoms with Crippen molar-refractivity contribution in [3.05, 3.63) is 41.2 Å². The third-order valence-electron chi connectivity index (χ3n) is 9.71. The third kappa shape index (κ3) is 6.42. The summed E-state index contributed by atoms with van der Waals surface area (Å²) in [5.41, 5.74) is 2.81. The van der Waals surface area contributed by atoms with E-state index in [0.29, 0.717) is 65.3 Å². The highest BCUT2D eigenvalue weighted by Gasteiger charge is 2.54. The van der Waals surface area contributed by atoms with Gasteiger partial charge in [0.25, 0.3) is 0 Å². The van der Waals surface area contributed by atoms with E-state index < -0.39 is 27.7 Å². The number of aliphatic hydroxyl groups is 1. The summed E-state index contributed by atoms with van der Waals surface area (Å²) in [7, 11) is -3.58. The highest BCUT2D eigenvalue weighted by molar-refractivity contribution is 7.89. The lowest BCUT2D eigenvalue weighted by Crippen LogP contribution is -2.74. The van der Waals surface area contributed by atoms with Crippen molar-refractivity contribution < 1.29 is 27.9 Å². The third-order valence-corrected chi connectivity index (χ3v) is 11.6. The number of carbonyl (C=O) groups excluding carboxylic acids is 2. The Balaban J connectivity index is 1.29. The maximum Gasteiger partial charge on any atom is 0.248 e. The number of unbranched alkanes of at least 4 members (excludes halogenated alkanes) is 1. The van der Waals surface area contributed by atoms with Gasteiger partial charge in [0.1, 0.15) is 11.6 Å². The van der Waals surface area contributed by atoms with Crippen LogP contribution in [0.15, 0.2) is 29.2 Å². The second-order valence-corrected chi connectivity index (χ2v) is 14.8. The van der Waals surface area contributed by atoms with Gasteiger partial charge in [-0.25, -0.2) is 13.1 Å². The average Bonchev–Trinajstić information content (AvgIpc) is 3.32. The Labute approximate surface area is 266 Å². The van der Waals surface area contributed by atoms with Gasteiger partial charge in [-0.1, -0.05) is 27.2 Å². The summed E-state index contributed by atoms with van der Waals surface area (Å²) in [4.78, 5) is 31.6. The SMILES string of the molecule is CCCCN1C(=O)[C@@H]([C@H](O)C(C)C)NC(=O)C12CCN(Cc1c(C)nn(-c3ccc(S(=O)(=O)N4CCOCC4)cc3)c1C)CC2. The molecule has 2 amide bonds. The summed E-state index contributed by atoms with van der Waals surface area (Å²) in [5.74, 6) is -0.507. The minimum absolute atomic E-state index is 0.156. The number of aromatic nitrogens is 2. The van der Waals surface area contributed by atoms with Crippen LogP contribution in [0.1, 0.15) is 63.4 Å². The zero-order chi connectivity index (χ0) is 32.5. The highest BCUT2D eigenvalue weighted by Crippen LogP contribution is 2.35. The molecule has 1 spiro atoms. The molecule has 2 aromatic rings. The molecule has 1 aromatic heterocycles. The Hall–Kier alpha value is -2.84. The van der Waals surface area contributed by atoms with Crippen LogP contribution < -0.4 is 5.32 Å². The Kier molecular flexibility index (Phi) is 10.0. The largest absolute Gasteiger partial charge is 0.390 e. The quantitative estimate of drug-likeness (QED) is 0.401. The lowest BCUT2D eigenvalue weighted by molar-refractivity contribution is -0.165. The van der Waals surface area contributed by atoms with Crippen LogP contribution in [-0.4, -0.2) is 113 Å². The first-order valence-electron chi connectivity index (χ1n) is 16.2. The second-order valence-electron chi connectivity index (χ2n) is 12.9. The number of nitrogens with one attached hydrogen (secondary N) is 1. The van der Waals surface area contributed by atoms with Crippen molar-refractivity contribution in [1.82, 2.24) is 29.2 Å². The van der Waals surface area contributed by atoms with E-state index in [1.54, 1.807) is 29.2 Å². The number of hydrogen-bond donors (Lipinski definition) is 2.